The van der Waals surface area contributed by atoms with Crippen molar-refractivity contribution in [2.75, 3.05) is 18.6 Å². The van der Waals surface area contributed by atoms with Crippen LogP contribution in [0, 0.1) is 0 Å². The number of amides is 1. The highest BCUT2D eigenvalue weighted by Gasteiger charge is 2.29. The number of fused-ring (bicyclic) bond motifs is 1. The van der Waals surface area contributed by atoms with Crippen molar-refractivity contribution >= 4 is 11.6 Å². The third kappa shape index (κ3) is 2.45. The lowest BCUT2D eigenvalue weighted by atomic mass is 9.98. The van der Waals surface area contributed by atoms with Gasteiger partial charge in [0.1, 0.15) is 5.69 Å². The van der Waals surface area contributed by atoms with Crippen molar-refractivity contribution in [3.63, 3.8) is 0 Å². The van der Waals surface area contributed by atoms with Crippen molar-refractivity contribution < 1.29 is 9.53 Å². The molecular weight excluding hydrogens is 270 g/mol. The number of methoxy groups -OCH3 is 1. The fourth-order valence-corrected chi connectivity index (χ4v) is 2.59. The summed E-state index contributed by atoms with van der Waals surface area (Å²) in [5.74, 6) is -0.228. The Bertz CT molecular complexity index is 706. The van der Waals surface area contributed by atoms with E-state index in [2.05, 4.69) is 10.2 Å². The summed E-state index contributed by atoms with van der Waals surface area (Å²) in [7, 11) is 1.67. The first-order valence-electron chi connectivity index (χ1n) is 6.70. The second-order valence-corrected chi connectivity index (χ2v) is 4.84. The van der Waals surface area contributed by atoms with Crippen molar-refractivity contribution in [2.45, 2.75) is 12.5 Å². The van der Waals surface area contributed by atoms with E-state index in [9.17, 15) is 9.59 Å². The van der Waals surface area contributed by atoms with Gasteiger partial charge in [0.05, 0.1) is 6.10 Å². The fourth-order valence-electron chi connectivity index (χ4n) is 2.59. The molecule has 2 heterocycles. The fraction of sp³-hybridized carbons (Fsp3) is 0.267. The van der Waals surface area contributed by atoms with Crippen LogP contribution in [0.2, 0.25) is 0 Å². The van der Waals surface area contributed by atoms with Gasteiger partial charge in [-0.1, -0.05) is 18.2 Å². The molecule has 1 aromatic heterocycles. The Morgan fingerprint density at radius 1 is 1.33 bits per heavy atom. The van der Waals surface area contributed by atoms with E-state index in [0.717, 1.165) is 17.7 Å². The van der Waals surface area contributed by atoms with Crippen LogP contribution in [-0.4, -0.2) is 29.8 Å². The molecule has 0 spiro atoms. The third-order valence-corrected chi connectivity index (χ3v) is 3.62. The van der Waals surface area contributed by atoms with Crippen LogP contribution in [0.5, 0.6) is 0 Å². The van der Waals surface area contributed by atoms with Crippen molar-refractivity contribution in [1.29, 1.82) is 0 Å². The molecule has 0 saturated heterocycles. The molecule has 0 saturated carbocycles. The lowest BCUT2D eigenvalue weighted by Gasteiger charge is -2.33. The number of H-pyrrole nitrogens is 1. The highest BCUT2D eigenvalue weighted by molar-refractivity contribution is 6.05. The lowest BCUT2D eigenvalue weighted by molar-refractivity contribution is 0.0865. The maximum Gasteiger partial charge on any atom is 0.278 e. The Morgan fingerprint density at radius 3 is 2.86 bits per heavy atom. The Hall–Kier alpha value is -2.47. The molecule has 0 aliphatic carbocycles. The number of hydrogen-bond acceptors (Lipinski definition) is 4. The highest BCUT2D eigenvalue weighted by atomic mass is 16.5. The number of aromatic amines is 1. The van der Waals surface area contributed by atoms with Crippen molar-refractivity contribution in [2.24, 2.45) is 0 Å². The van der Waals surface area contributed by atoms with Crippen LogP contribution < -0.4 is 10.5 Å². The van der Waals surface area contributed by atoms with E-state index in [0.29, 0.717) is 6.54 Å². The van der Waals surface area contributed by atoms with E-state index >= 15 is 0 Å². The van der Waals surface area contributed by atoms with Gasteiger partial charge in [-0.05, 0) is 18.6 Å². The first-order valence-corrected chi connectivity index (χ1v) is 6.70. The second kappa shape index (κ2) is 5.49. The minimum atomic E-state index is -0.329. The zero-order valence-electron chi connectivity index (χ0n) is 11.6. The van der Waals surface area contributed by atoms with Crippen LogP contribution in [0.1, 0.15) is 28.6 Å². The van der Waals surface area contributed by atoms with E-state index in [1.54, 1.807) is 12.0 Å². The molecule has 1 aromatic carbocycles. The molecule has 1 aliphatic rings. The van der Waals surface area contributed by atoms with E-state index in [4.69, 9.17) is 4.74 Å². The zero-order valence-corrected chi connectivity index (χ0v) is 11.6. The maximum atomic E-state index is 12.6. The number of carbonyl (C=O) groups excluding carboxylic acids is 1. The van der Waals surface area contributed by atoms with Gasteiger partial charge in [-0.2, -0.15) is 5.10 Å². The summed E-state index contributed by atoms with van der Waals surface area (Å²) in [5, 5.41) is 6.09. The molecule has 1 amide bonds. The van der Waals surface area contributed by atoms with Crippen LogP contribution in [0.25, 0.3) is 0 Å². The van der Waals surface area contributed by atoms with Gasteiger partial charge >= 0.3 is 0 Å². The third-order valence-electron chi connectivity index (χ3n) is 3.62. The quantitative estimate of drug-likeness (QED) is 0.907. The van der Waals surface area contributed by atoms with E-state index in [-0.39, 0.29) is 23.3 Å². The topological polar surface area (TPSA) is 75.3 Å². The minimum absolute atomic E-state index is 0.00575. The number of rotatable bonds is 2. The van der Waals surface area contributed by atoms with Crippen LogP contribution >= 0.6 is 0 Å². The number of carbonyl (C=O) groups is 1. The number of hydrogen-bond donors (Lipinski definition) is 1. The predicted octanol–water partition coefficient (Wildman–Crippen LogP) is 1.51. The van der Waals surface area contributed by atoms with E-state index in [1.165, 1.54) is 12.1 Å². The molecule has 1 N–H and O–H groups in total. The molecule has 0 fully saturated rings. The molecule has 0 radical (unpaired) electrons. The maximum absolute atomic E-state index is 12.6. The van der Waals surface area contributed by atoms with E-state index in [1.807, 2.05) is 24.3 Å². The first kappa shape index (κ1) is 13.5. The smallest absolute Gasteiger partial charge is 0.278 e. The molecule has 2 aromatic rings. The van der Waals surface area contributed by atoms with Crippen molar-refractivity contribution in [3.05, 3.63) is 58.0 Å². The molecule has 1 unspecified atom stereocenters. The molecule has 3 rings (SSSR count). The number of aromatic nitrogens is 2. The zero-order chi connectivity index (χ0) is 14.8. The average Bonchev–Trinajstić information content (AvgIpc) is 2.54. The summed E-state index contributed by atoms with van der Waals surface area (Å²) >= 11 is 0. The predicted molar refractivity (Wildman–Crippen MR) is 77.3 cm³/mol. The minimum Gasteiger partial charge on any atom is -0.377 e. The number of benzene rings is 1. The Balaban J connectivity index is 1.98. The average molecular weight is 285 g/mol. The highest BCUT2D eigenvalue weighted by Crippen LogP contribution is 2.35. The molecule has 6 nitrogen and oxygen atoms in total. The number of nitrogens with zero attached hydrogens (tertiary/aromatic N) is 2. The first-order chi connectivity index (χ1) is 10.2. The van der Waals surface area contributed by atoms with Crippen LogP contribution in [0.4, 0.5) is 5.69 Å². The molecule has 108 valence electrons. The summed E-state index contributed by atoms with van der Waals surface area (Å²) in [6, 6.07) is 10.4. The largest absolute Gasteiger partial charge is 0.377 e. The molecular formula is C15H15N3O3. The summed E-state index contributed by atoms with van der Waals surface area (Å²) < 4.78 is 5.47. The molecule has 0 bridgehead atoms. The number of para-hydroxylation sites is 1. The molecule has 1 atom stereocenters. The Labute approximate surface area is 121 Å². The SMILES string of the molecule is COC1CCN(C(=O)c2ccc(=O)[nH]n2)c2ccccc21. The summed E-state index contributed by atoms with van der Waals surface area (Å²) in [4.78, 5) is 25.3. The van der Waals surface area contributed by atoms with Gasteiger partial charge in [-0.3, -0.25) is 9.59 Å². The van der Waals surface area contributed by atoms with Crippen molar-refractivity contribution in [3.8, 4) is 0 Å². The Morgan fingerprint density at radius 2 is 2.14 bits per heavy atom. The molecule has 6 heteroatoms. The van der Waals surface area contributed by atoms with Gasteiger partial charge in [0.25, 0.3) is 11.5 Å². The summed E-state index contributed by atoms with van der Waals surface area (Å²) in [5.41, 5.74) is 1.71. The monoisotopic (exact) mass is 285 g/mol. The van der Waals surface area contributed by atoms with Gasteiger partial charge in [0.2, 0.25) is 0 Å². The van der Waals surface area contributed by atoms with E-state index < -0.39 is 0 Å². The Kier molecular flexibility index (Phi) is 3.53. The van der Waals surface area contributed by atoms with Crippen LogP contribution in [0.15, 0.2) is 41.2 Å². The van der Waals surface area contributed by atoms with Crippen LogP contribution in [0.3, 0.4) is 0 Å². The number of ether oxygens (including phenoxy) is 1. The van der Waals surface area contributed by atoms with Crippen molar-refractivity contribution in [1.82, 2.24) is 10.2 Å². The van der Waals surface area contributed by atoms with Gasteiger partial charge in [-0.15, -0.1) is 0 Å². The second-order valence-electron chi connectivity index (χ2n) is 4.84. The summed E-state index contributed by atoms with van der Waals surface area (Å²) in [6.07, 6.45) is 0.719. The molecule has 1 aliphatic heterocycles. The molecule has 21 heavy (non-hydrogen) atoms. The number of anilines is 1. The van der Waals surface area contributed by atoms with Gasteiger partial charge in [0.15, 0.2) is 0 Å². The van der Waals surface area contributed by atoms with Gasteiger partial charge < -0.3 is 9.64 Å². The van der Waals surface area contributed by atoms with Gasteiger partial charge in [-0.25, -0.2) is 5.10 Å². The number of nitrogens with one attached hydrogen (secondary N) is 1. The standard InChI is InChI=1S/C15H15N3O3/c1-21-13-8-9-18(12-5-3-2-4-10(12)13)15(20)11-6-7-14(19)17-16-11/h2-7,13H,8-9H2,1H3,(H,17,19). The summed E-state index contributed by atoms with van der Waals surface area (Å²) in [6.45, 7) is 0.551. The van der Waals surface area contributed by atoms with Crippen LogP contribution in [-0.2, 0) is 4.74 Å². The lowest BCUT2D eigenvalue weighted by Crippen LogP contribution is -2.37. The van der Waals surface area contributed by atoms with Gasteiger partial charge in [0, 0.05) is 31.0 Å². The normalized spacial score (nSPS) is 17.4.